The van der Waals surface area contributed by atoms with Gasteiger partial charge in [0.1, 0.15) is 17.3 Å². The highest BCUT2D eigenvalue weighted by Crippen LogP contribution is 2.37. The van der Waals surface area contributed by atoms with Crippen LogP contribution in [0.15, 0.2) is 35.7 Å². The number of methoxy groups -OCH3 is 1. The molecule has 0 bridgehead atoms. The first-order valence-electron chi connectivity index (χ1n) is 9.60. The third-order valence-corrected chi connectivity index (χ3v) is 6.09. The Morgan fingerprint density at radius 3 is 2.67 bits per heavy atom. The number of benzene rings is 1. The Morgan fingerprint density at radius 2 is 1.96 bits per heavy atom. The molecule has 1 aliphatic heterocycles. The molecule has 3 aromatic rings. The van der Waals surface area contributed by atoms with Gasteiger partial charge in [-0.25, -0.2) is 9.97 Å². The van der Waals surface area contributed by atoms with Gasteiger partial charge in [0.2, 0.25) is 0 Å². The van der Waals surface area contributed by atoms with Crippen LogP contribution in [-0.2, 0) is 11.3 Å². The van der Waals surface area contributed by atoms with E-state index in [1.807, 2.05) is 6.07 Å². The van der Waals surface area contributed by atoms with E-state index in [-0.39, 0.29) is 0 Å². The first-order valence-corrected chi connectivity index (χ1v) is 10.5. The Morgan fingerprint density at radius 1 is 1.19 bits per heavy atom. The standard InChI is InChI=1S/C21H26N4OS/c1-3-25-11-9-16(10-12-25)22-20-19-17(15-7-5-4-6-8-15)14-27-21(19)24-18(23-20)13-26-2/h4-8,14,16H,3,9-13H2,1-2H3,(H,22,23,24). The van der Waals surface area contributed by atoms with Crippen LogP contribution in [0, 0.1) is 0 Å². The highest BCUT2D eigenvalue weighted by molar-refractivity contribution is 7.17. The third-order valence-electron chi connectivity index (χ3n) is 5.21. The number of nitrogens with one attached hydrogen (secondary N) is 1. The Balaban J connectivity index is 1.71. The fraction of sp³-hybridized carbons (Fsp3) is 0.429. The molecule has 0 unspecified atom stereocenters. The second kappa shape index (κ2) is 8.33. The Labute approximate surface area is 164 Å². The summed E-state index contributed by atoms with van der Waals surface area (Å²) >= 11 is 1.67. The van der Waals surface area contributed by atoms with Crippen molar-refractivity contribution in [2.75, 3.05) is 32.1 Å². The SMILES string of the molecule is CCN1CCC(Nc2nc(COC)nc3scc(-c4ccccc4)c23)CC1. The minimum Gasteiger partial charge on any atom is -0.377 e. The molecule has 0 radical (unpaired) electrons. The van der Waals surface area contributed by atoms with Gasteiger partial charge in [-0.3, -0.25) is 0 Å². The molecule has 6 heteroatoms. The van der Waals surface area contributed by atoms with Crippen LogP contribution in [0.3, 0.4) is 0 Å². The van der Waals surface area contributed by atoms with E-state index in [2.05, 4.69) is 46.8 Å². The van der Waals surface area contributed by atoms with E-state index in [0.29, 0.717) is 12.6 Å². The maximum absolute atomic E-state index is 5.29. The topological polar surface area (TPSA) is 50.3 Å². The number of rotatable bonds is 6. The number of likely N-dealkylation sites (tertiary alicyclic amines) is 1. The van der Waals surface area contributed by atoms with Crippen molar-refractivity contribution >= 4 is 27.4 Å². The lowest BCUT2D eigenvalue weighted by atomic mass is 10.0. The van der Waals surface area contributed by atoms with Crippen LogP contribution in [0.1, 0.15) is 25.6 Å². The van der Waals surface area contributed by atoms with Crippen molar-refractivity contribution in [3.63, 3.8) is 0 Å². The van der Waals surface area contributed by atoms with Crippen LogP contribution < -0.4 is 5.32 Å². The average Bonchev–Trinajstić information content (AvgIpc) is 3.14. The number of ether oxygens (including phenoxy) is 1. The minimum absolute atomic E-state index is 0.428. The molecule has 27 heavy (non-hydrogen) atoms. The second-order valence-electron chi connectivity index (χ2n) is 6.97. The van der Waals surface area contributed by atoms with E-state index < -0.39 is 0 Å². The highest BCUT2D eigenvalue weighted by atomic mass is 32.1. The van der Waals surface area contributed by atoms with Gasteiger partial charge < -0.3 is 15.0 Å². The van der Waals surface area contributed by atoms with Crippen LogP contribution in [0.5, 0.6) is 0 Å². The second-order valence-corrected chi connectivity index (χ2v) is 7.83. The van der Waals surface area contributed by atoms with Gasteiger partial charge in [0.05, 0.1) is 5.39 Å². The summed E-state index contributed by atoms with van der Waals surface area (Å²) < 4.78 is 5.29. The molecule has 1 aromatic carbocycles. The molecule has 0 spiro atoms. The summed E-state index contributed by atoms with van der Waals surface area (Å²) in [5, 5.41) is 7.06. The highest BCUT2D eigenvalue weighted by Gasteiger charge is 2.21. The fourth-order valence-corrected chi connectivity index (χ4v) is 4.67. The lowest BCUT2D eigenvalue weighted by molar-refractivity contribution is 0.178. The van der Waals surface area contributed by atoms with E-state index in [1.54, 1.807) is 18.4 Å². The largest absolute Gasteiger partial charge is 0.377 e. The molecular formula is C21H26N4OS. The van der Waals surface area contributed by atoms with E-state index in [0.717, 1.165) is 54.3 Å². The molecule has 2 aromatic heterocycles. The van der Waals surface area contributed by atoms with Crippen molar-refractivity contribution in [1.82, 2.24) is 14.9 Å². The molecule has 1 N–H and O–H groups in total. The summed E-state index contributed by atoms with van der Waals surface area (Å²) in [6.07, 6.45) is 2.29. The first-order chi connectivity index (χ1) is 13.3. The first kappa shape index (κ1) is 18.3. The molecular weight excluding hydrogens is 356 g/mol. The average molecular weight is 383 g/mol. The Hall–Kier alpha value is -2.02. The Kier molecular flexibility index (Phi) is 5.66. The molecule has 142 valence electrons. The lowest BCUT2D eigenvalue weighted by Gasteiger charge is -2.32. The zero-order chi connectivity index (χ0) is 18.6. The molecule has 5 nitrogen and oxygen atoms in total. The molecule has 1 aliphatic rings. The van der Waals surface area contributed by atoms with Gasteiger partial charge in [-0.2, -0.15) is 0 Å². The number of anilines is 1. The summed E-state index contributed by atoms with van der Waals surface area (Å²) in [5.74, 6) is 1.68. The van der Waals surface area contributed by atoms with Gasteiger partial charge in [-0.05, 0) is 24.9 Å². The van der Waals surface area contributed by atoms with Gasteiger partial charge >= 0.3 is 0 Å². The van der Waals surface area contributed by atoms with Crippen LogP contribution in [-0.4, -0.2) is 47.7 Å². The van der Waals surface area contributed by atoms with E-state index in [9.17, 15) is 0 Å². The zero-order valence-electron chi connectivity index (χ0n) is 15.9. The van der Waals surface area contributed by atoms with Crippen molar-refractivity contribution in [2.24, 2.45) is 0 Å². The normalized spacial score (nSPS) is 16.1. The van der Waals surface area contributed by atoms with Crippen LogP contribution in [0.2, 0.25) is 0 Å². The van der Waals surface area contributed by atoms with Crippen LogP contribution >= 0.6 is 11.3 Å². The smallest absolute Gasteiger partial charge is 0.158 e. The van der Waals surface area contributed by atoms with Gasteiger partial charge in [-0.15, -0.1) is 11.3 Å². The Bertz CT molecular complexity index is 888. The molecule has 0 amide bonds. The zero-order valence-corrected chi connectivity index (χ0v) is 16.8. The predicted molar refractivity (Wildman–Crippen MR) is 112 cm³/mol. The van der Waals surface area contributed by atoms with Crippen LogP contribution in [0.4, 0.5) is 5.82 Å². The number of aromatic nitrogens is 2. The molecule has 0 aliphatic carbocycles. The van der Waals surface area contributed by atoms with Crippen LogP contribution in [0.25, 0.3) is 21.3 Å². The lowest BCUT2D eigenvalue weighted by Crippen LogP contribution is -2.39. The van der Waals surface area contributed by atoms with E-state index in [4.69, 9.17) is 14.7 Å². The maximum Gasteiger partial charge on any atom is 0.158 e. The number of nitrogens with zero attached hydrogens (tertiary/aromatic N) is 3. The quantitative estimate of drug-likeness (QED) is 0.685. The number of hydrogen-bond donors (Lipinski definition) is 1. The van der Waals surface area contributed by atoms with Crippen molar-refractivity contribution < 1.29 is 4.74 Å². The number of piperidine rings is 1. The molecule has 3 heterocycles. The van der Waals surface area contributed by atoms with E-state index in [1.165, 1.54) is 11.1 Å². The summed E-state index contributed by atoms with van der Waals surface area (Å²) in [6.45, 7) is 6.07. The summed E-state index contributed by atoms with van der Waals surface area (Å²) in [7, 11) is 1.69. The van der Waals surface area contributed by atoms with Crippen molar-refractivity contribution in [1.29, 1.82) is 0 Å². The predicted octanol–water partition coefficient (Wildman–Crippen LogP) is 4.40. The number of thiophene rings is 1. The van der Waals surface area contributed by atoms with Crippen molar-refractivity contribution in [2.45, 2.75) is 32.4 Å². The molecule has 0 saturated carbocycles. The van der Waals surface area contributed by atoms with Crippen molar-refractivity contribution in [3.8, 4) is 11.1 Å². The number of fused-ring (bicyclic) bond motifs is 1. The van der Waals surface area contributed by atoms with Gasteiger partial charge in [-0.1, -0.05) is 37.3 Å². The molecule has 4 rings (SSSR count). The monoisotopic (exact) mass is 382 g/mol. The summed E-state index contributed by atoms with van der Waals surface area (Å²) in [5.41, 5.74) is 2.41. The minimum atomic E-state index is 0.428. The van der Waals surface area contributed by atoms with Crippen molar-refractivity contribution in [3.05, 3.63) is 41.5 Å². The third kappa shape index (κ3) is 3.98. The number of hydrogen-bond acceptors (Lipinski definition) is 6. The summed E-state index contributed by atoms with van der Waals surface area (Å²) in [6, 6.07) is 10.9. The van der Waals surface area contributed by atoms with Gasteiger partial charge in [0, 0.05) is 37.2 Å². The molecule has 0 atom stereocenters. The maximum atomic E-state index is 5.29. The fourth-order valence-electron chi connectivity index (χ4n) is 3.70. The van der Waals surface area contributed by atoms with Gasteiger partial charge in [0.15, 0.2) is 5.82 Å². The molecule has 1 saturated heterocycles. The van der Waals surface area contributed by atoms with Gasteiger partial charge in [0.25, 0.3) is 0 Å². The van der Waals surface area contributed by atoms with E-state index >= 15 is 0 Å². The summed E-state index contributed by atoms with van der Waals surface area (Å²) in [4.78, 5) is 13.1. The molecule has 1 fully saturated rings.